The molecule has 1 amide bonds. The summed E-state index contributed by atoms with van der Waals surface area (Å²) in [5.74, 6) is 0.972. The number of sulfone groups is 1. The van der Waals surface area contributed by atoms with Crippen molar-refractivity contribution < 1.29 is 13.2 Å². The first kappa shape index (κ1) is 24.9. The van der Waals surface area contributed by atoms with Crippen molar-refractivity contribution in [2.45, 2.75) is 43.5 Å². The van der Waals surface area contributed by atoms with Gasteiger partial charge in [0.2, 0.25) is 5.91 Å². The monoisotopic (exact) mass is 519 g/mol. The lowest BCUT2D eigenvalue weighted by molar-refractivity contribution is -0.131. The Kier molecular flexibility index (Phi) is 6.92. The lowest BCUT2D eigenvalue weighted by Gasteiger charge is -2.32. The molecule has 1 fully saturated rings. The fraction of sp³-hybridized carbons (Fsp3) is 0.333. The van der Waals surface area contributed by atoms with Crippen LogP contribution in [-0.2, 0) is 27.6 Å². The van der Waals surface area contributed by atoms with Crippen molar-refractivity contribution in [3.05, 3.63) is 88.4 Å². The smallest absolute Gasteiger partial charge is 0.272 e. The minimum atomic E-state index is -3.40. The maximum Gasteiger partial charge on any atom is 0.272 e. The number of carbonyl (C=O) groups is 1. The molecule has 1 N–H and O–H groups in total. The van der Waals surface area contributed by atoms with Gasteiger partial charge in [-0.3, -0.25) is 9.59 Å². The molecule has 0 saturated carbocycles. The molecule has 1 aliphatic rings. The van der Waals surface area contributed by atoms with Crippen molar-refractivity contribution in [2.24, 2.45) is 0 Å². The minimum absolute atomic E-state index is 0.00310. The van der Waals surface area contributed by atoms with E-state index < -0.39 is 9.84 Å². The van der Waals surface area contributed by atoms with Crippen LogP contribution in [0.4, 0.5) is 0 Å². The van der Waals surface area contributed by atoms with Gasteiger partial charge >= 0.3 is 0 Å². The van der Waals surface area contributed by atoms with Gasteiger partial charge in [0.1, 0.15) is 5.82 Å². The van der Waals surface area contributed by atoms with Crippen molar-refractivity contribution in [1.29, 1.82) is 0 Å². The number of hydrogen-bond acceptors (Lipinski definition) is 6. The van der Waals surface area contributed by atoms with Crippen LogP contribution in [0.2, 0.25) is 0 Å². The van der Waals surface area contributed by atoms with Gasteiger partial charge in [-0.1, -0.05) is 35.9 Å². The van der Waals surface area contributed by atoms with E-state index in [0.29, 0.717) is 41.0 Å². The van der Waals surface area contributed by atoms with E-state index in [1.165, 1.54) is 0 Å². The summed E-state index contributed by atoms with van der Waals surface area (Å²) < 4.78 is 27.5. The molecule has 0 spiro atoms. The zero-order valence-corrected chi connectivity index (χ0v) is 21.4. The van der Waals surface area contributed by atoms with Gasteiger partial charge in [0.15, 0.2) is 9.84 Å². The second-order valence-corrected chi connectivity index (χ2v) is 11.6. The Morgan fingerprint density at radius 3 is 2.49 bits per heavy atom. The molecule has 10 heteroatoms. The van der Waals surface area contributed by atoms with E-state index >= 15 is 0 Å². The third-order valence-corrected chi connectivity index (χ3v) is 8.75. The first-order valence-corrected chi connectivity index (χ1v) is 14.0. The first-order valence-electron chi connectivity index (χ1n) is 12.4. The van der Waals surface area contributed by atoms with Gasteiger partial charge in [-0.15, -0.1) is 0 Å². The van der Waals surface area contributed by atoms with Crippen LogP contribution in [0.25, 0.3) is 10.8 Å². The summed E-state index contributed by atoms with van der Waals surface area (Å²) in [6, 6.07) is 14.1. The average Bonchev–Trinajstić information content (AvgIpc) is 3.38. The normalized spacial score (nSPS) is 14.8. The Hall–Kier alpha value is -3.79. The summed E-state index contributed by atoms with van der Waals surface area (Å²) in [5.41, 5.74) is 1.31. The molecule has 2 aromatic carbocycles. The number of rotatable bonds is 7. The molecule has 1 saturated heterocycles. The number of H-pyrrole nitrogens is 1. The predicted molar refractivity (Wildman–Crippen MR) is 140 cm³/mol. The zero-order valence-electron chi connectivity index (χ0n) is 20.6. The molecule has 192 valence electrons. The molecular formula is C27H29N5O4S. The summed E-state index contributed by atoms with van der Waals surface area (Å²) in [7, 11) is -3.40. The maximum absolute atomic E-state index is 13.0. The van der Waals surface area contributed by atoms with Crippen LogP contribution < -0.4 is 5.56 Å². The van der Waals surface area contributed by atoms with E-state index in [0.717, 1.165) is 24.2 Å². The highest BCUT2D eigenvalue weighted by Crippen LogP contribution is 2.28. The van der Waals surface area contributed by atoms with Gasteiger partial charge in [-0.2, -0.15) is 5.10 Å². The Bertz CT molecular complexity index is 1580. The molecule has 3 heterocycles. The lowest BCUT2D eigenvalue weighted by Crippen LogP contribution is -2.39. The molecule has 4 aromatic rings. The number of fused-ring (bicyclic) bond motifs is 1. The lowest BCUT2D eigenvalue weighted by atomic mass is 9.95. The number of likely N-dealkylation sites (tertiary alicyclic amines) is 1. The van der Waals surface area contributed by atoms with Gasteiger partial charge in [-0.25, -0.2) is 18.5 Å². The number of nitrogens with zero attached hydrogens (tertiary/aromatic N) is 4. The number of amides is 1. The van der Waals surface area contributed by atoms with Crippen molar-refractivity contribution in [1.82, 2.24) is 24.6 Å². The number of aromatic amines is 1. The molecule has 37 heavy (non-hydrogen) atoms. The summed E-state index contributed by atoms with van der Waals surface area (Å²) in [4.78, 5) is 31.7. The molecule has 0 radical (unpaired) electrons. The third-order valence-electron chi connectivity index (χ3n) is 7.04. The second-order valence-electron chi connectivity index (χ2n) is 9.49. The number of carbonyl (C=O) groups excluding carboxylic acids is 1. The predicted octanol–water partition coefficient (Wildman–Crippen LogP) is 2.85. The second kappa shape index (κ2) is 10.3. The number of piperidine rings is 1. The molecule has 1 aliphatic heterocycles. The van der Waals surface area contributed by atoms with Gasteiger partial charge in [0, 0.05) is 43.3 Å². The quantitative estimate of drug-likeness (QED) is 0.401. The van der Waals surface area contributed by atoms with E-state index in [1.54, 1.807) is 42.6 Å². The Morgan fingerprint density at radius 1 is 1.05 bits per heavy atom. The fourth-order valence-electron chi connectivity index (χ4n) is 4.90. The largest absolute Gasteiger partial charge is 0.342 e. The summed E-state index contributed by atoms with van der Waals surface area (Å²) in [6.07, 6.45) is 5.14. The maximum atomic E-state index is 13.0. The average molecular weight is 520 g/mol. The van der Waals surface area contributed by atoms with Crippen LogP contribution >= 0.6 is 0 Å². The number of hydrogen-bond donors (Lipinski definition) is 1. The van der Waals surface area contributed by atoms with Gasteiger partial charge < -0.3 is 9.47 Å². The topological polar surface area (TPSA) is 118 Å². The Labute approximate surface area is 215 Å². The van der Waals surface area contributed by atoms with Crippen molar-refractivity contribution in [2.75, 3.05) is 18.8 Å². The fourth-order valence-corrected chi connectivity index (χ4v) is 6.12. The van der Waals surface area contributed by atoms with Gasteiger partial charge in [-0.05, 0) is 38.0 Å². The molecule has 0 atom stereocenters. The Balaban J connectivity index is 1.20. The van der Waals surface area contributed by atoms with Crippen molar-refractivity contribution >= 4 is 26.5 Å². The van der Waals surface area contributed by atoms with Crippen LogP contribution in [0, 0.1) is 6.92 Å². The van der Waals surface area contributed by atoms with Crippen LogP contribution in [0.1, 0.15) is 35.8 Å². The van der Waals surface area contributed by atoms with E-state index in [4.69, 9.17) is 0 Å². The summed E-state index contributed by atoms with van der Waals surface area (Å²) in [6.45, 7) is 3.42. The van der Waals surface area contributed by atoms with Crippen LogP contribution in [-0.4, -0.2) is 57.8 Å². The van der Waals surface area contributed by atoms with E-state index in [2.05, 4.69) is 15.2 Å². The first-order chi connectivity index (χ1) is 17.8. The zero-order chi connectivity index (χ0) is 26.0. The molecule has 0 aliphatic carbocycles. The summed E-state index contributed by atoms with van der Waals surface area (Å²) >= 11 is 0. The highest BCUT2D eigenvalue weighted by atomic mass is 32.2. The van der Waals surface area contributed by atoms with Crippen LogP contribution in [0.5, 0.6) is 0 Å². The minimum Gasteiger partial charge on any atom is -0.342 e. The number of nitrogens with one attached hydrogen (secondary N) is 1. The number of benzene rings is 2. The SMILES string of the molecule is Cc1ccc(S(=O)(=O)CCn2ccnc2C2CCN(C(=O)Cc3n[nH]c(=O)c4ccccc34)CC2)cc1. The van der Waals surface area contributed by atoms with E-state index in [-0.39, 0.29) is 29.6 Å². The molecule has 0 bridgehead atoms. The highest BCUT2D eigenvalue weighted by molar-refractivity contribution is 7.91. The number of imidazole rings is 1. The van der Waals surface area contributed by atoms with E-state index in [1.807, 2.05) is 34.7 Å². The molecule has 5 rings (SSSR count). The van der Waals surface area contributed by atoms with Crippen LogP contribution in [0.15, 0.2) is 70.6 Å². The highest BCUT2D eigenvalue weighted by Gasteiger charge is 2.27. The molecule has 0 unspecified atom stereocenters. The molecule has 9 nitrogen and oxygen atoms in total. The standard InChI is InChI=1S/C27H29N5O4S/c1-19-6-8-21(9-7-19)37(35,36)17-16-32-15-12-28-26(32)20-10-13-31(14-11-20)25(33)18-24-22-4-2-3-5-23(22)27(34)30-29-24/h2-9,12,15,20H,10-11,13-14,16-18H2,1H3,(H,30,34). The third kappa shape index (κ3) is 5.34. The molecule has 2 aromatic heterocycles. The Morgan fingerprint density at radius 2 is 1.76 bits per heavy atom. The van der Waals surface area contributed by atoms with Gasteiger partial charge in [0.25, 0.3) is 5.56 Å². The van der Waals surface area contributed by atoms with E-state index in [9.17, 15) is 18.0 Å². The van der Waals surface area contributed by atoms with Gasteiger partial charge in [0.05, 0.1) is 28.1 Å². The summed E-state index contributed by atoms with van der Waals surface area (Å²) in [5, 5.41) is 7.83. The molecular weight excluding hydrogens is 490 g/mol. The van der Waals surface area contributed by atoms with Crippen molar-refractivity contribution in [3.8, 4) is 0 Å². The number of aryl methyl sites for hydroxylation is 2. The van der Waals surface area contributed by atoms with Crippen LogP contribution in [0.3, 0.4) is 0 Å². The van der Waals surface area contributed by atoms with Crippen molar-refractivity contribution in [3.63, 3.8) is 0 Å². The number of aromatic nitrogens is 4.